The third kappa shape index (κ3) is 240. The fraction of sp³-hybridized carbons (Fsp3) is 0. The van der Waals surface area contributed by atoms with E-state index in [1.54, 1.807) is 0 Å². The molecule has 0 fully saturated rings. The summed E-state index contributed by atoms with van der Waals surface area (Å²) in [6, 6.07) is 0. The summed E-state index contributed by atoms with van der Waals surface area (Å²) in [6.45, 7) is 0. The topological polar surface area (TPSA) is 98.5 Å². The molecule has 0 aromatic rings. The lowest BCUT2D eigenvalue weighted by atomic mass is 13.8. The molecule has 3 N–H and O–H groups in total. The molecule has 5 nitrogen and oxygen atoms in total. The lowest BCUT2D eigenvalue weighted by molar-refractivity contribution is 0.454. The molecule has 0 aromatic carbocycles. The zero-order valence-electron chi connectivity index (χ0n) is 2.62. The number of nitrogens with one attached hydrogen (secondary N) is 1. The fourth-order valence-corrected chi connectivity index (χ4v) is 0. The molecular formula is H3NO4S. The molecule has 6 heteroatoms. The Labute approximate surface area is 36.2 Å². The maximum atomic E-state index is 8.67. The quantitative estimate of drug-likeness (QED) is 0.304. The summed E-state index contributed by atoms with van der Waals surface area (Å²) in [7, 11) is 0. The second-order valence-electron chi connectivity index (χ2n) is 0.231. The van der Waals surface area contributed by atoms with Crippen molar-refractivity contribution in [1.82, 2.24) is 0 Å². The summed E-state index contributed by atoms with van der Waals surface area (Å²) < 4.78 is 22.8. The van der Waals surface area contributed by atoms with E-state index in [1.165, 1.54) is 0 Å². The molecule has 38 valence electrons. The minimum atomic E-state index is -2.61. The molecule has 0 aromatic heterocycles. The van der Waals surface area contributed by atoms with Crippen LogP contribution < -0.4 is 0 Å². The first kappa shape index (κ1) is 9.18. The maximum Gasteiger partial charge on any atom is 0.299 e. The van der Waals surface area contributed by atoms with Crippen LogP contribution in [0.25, 0.3) is 0 Å². The van der Waals surface area contributed by atoms with Crippen LogP contribution in [0.2, 0.25) is 0 Å². The van der Waals surface area contributed by atoms with Crippen molar-refractivity contribution in [2.45, 2.75) is 0 Å². The van der Waals surface area contributed by atoms with E-state index in [1.807, 2.05) is 0 Å². The molecule has 0 saturated carbocycles. The van der Waals surface area contributed by atoms with Gasteiger partial charge in [0.25, 0.3) is 11.4 Å². The number of hydrogen-bond donors (Lipinski definition) is 3. The predicted octanol–water partition coefficient (Wildman–Crippen LogP) is 0.0127. The van der Waals surface area contributed by atoms with Gasteiger partial charge >= 0.3 is 0 Å². The van der Waals surface area contributed by atoms with Gasteiger partial charge in [0.15, 0.2) is 0 Å². The molecule has 0 saturated heterocycles. The van der Waals surface area contributed by atoms with Crippen LogP contribution >= 0.6 is 0 Å². The minimum Gasteiger partial charge on any atom is -0.284 e. The summed E-state index contributed by atoms with van der Waals surface area (Å²) in [6.07, 6.45) is 0. The average Bonchev–Trinajstić information content (AvgIpc) is 1.41. The first-order chi connectivity index (χ1) is 2.73. The molecule has 0 amide bonds. The number of nitroso groups, excluding NO2 is 1. The fourth-order valence-electron chi connectivity index (χ4n) is 0. The maximum absolute atomic E-state index is 8.67. The Bertz CT molecular complexity index is 38.8. The molecule has 0 unspecified atom stereocenters. The second kappa shape index (κ2) is 8.82. The van der Waals surface area contributed by atoms with Crippen LogP contribution in [0.5, 0.6) is 0 Å². The third-order valence-corrected chi connectivity index (χ3v) is 0. The summed E-state index contributed by atoms with van der Waals surface area (Å²) in [5.74, 6) is 0. The first-order valence-electron chi connectivity index (χ1n) is 0.736. The molecule has 0 radical (unpaired) electrons. The van der Waals surface area contributed by atoms with Gasteiger partial charge in [-0.2, -0.15) is 9.12 Å². The molecule has 0 rings (SSSR count). The zero-order valence-corrected chi connectivity index (χ0v) is 3.44. The summed E-state index contributed by atoms with van der Waals surface area (Å²) >= 11 is -2.61. The summed E-state index contributed by atoms with van der Waals surface area (Å²) in [5.41, 5.74) is 4.50. The van der Waals surface area contributed by atoms with Crippen molar-refractivity contribution < 1.29 is 13.3 Å². The highest BCUT2D eigenvalue weighted by atomic mass is 32.2. The van der Waals surface area contributed by atoms with Gasteiger partial charge in [0.1, 0.15) is 0 Å². The van der Waals surface area contributed by atoms with E-state index in [0.29, 0.717) is 0 Å². The second-order valence-corrected chi connectivity index (χ2v) is 0.692. The monoisotopic (exact) mass is 113 g/mol. The zero-order chi connectivity index (χ0) is 5.58. The van der Waals surface area contributed by atoms with Crippen molar-refractivity contribution in [2.75, 3.05) is 0 Å². The van der Waals surface area contributed by atoms with Crippen LogP contribution in [-0.2, 0) is 11.4 Å². The highest BCUT2D eigenvalue weighted by Crippen LogP contribution is 1.44. The van der Waals surface area contributed by atoms with E-state index in [9.17, 15) is 0 Å². The van der Waals surface area contributed by atoms with Crippen molar-refractivity contribution in [3.05, 3.63) is 4.91 Å². The highest BCUT2D eigenvalue weighted by Gasteiger charge is 1.62. The SMILES string of the molecule is N=O.O=S(O)O. The predicted molar refractivity (Wildman–Crippen MR) is 19.5 cm³/mol. The van der Waals surface area contributed by atoms with E-state index in [2.05, 4.69) is 5.59 Å². The van der Waals surface area contributed by atoms with Gasteiger partial charge in [-0.3, -0.25) is 9.11 Å². The molecule has 0 bridgehead atoms. The van der Waals surface area contributed by atoms with Gasteiger partial charge in [-0.15, -0.1) is 0 Å². The van der Waals surface area contributed by atoms with Crippen molar-refractivity contribution in [1.29, 1.82) is 5.59 Å². The van der Waals surface area contributed by atoms with Crippen LogP contribution in [0.3, 0.4) is 0 Å². The minimum absolute atomic E-state index is 2.61. The van der Waals surface area contributed by atoms with Crippen LogP contribution in [0.1, 0.15) is 0 Å². The Hall–Kier alpha value is -0.330. The van der Waals surface area contributed by atoms with E-state index < -0.39 is 11.4 Å². The Balaban J connectivity index is 0. The molecule has 0 spiro atoms. The molecule has 0 heterocycles. The molecule has 0 aliphatic heterocycles. The van der Waals surface area contributed by atoms with E-state index >= 15 is 0 Å². The largest absolute Gasteiger partial charge is 0.299 e. The van der Waals surface area contributed by atoms with Crippen molar-refractivity contribution in [3.63, 3.8) is 0 Å². The van der Waals surface area contributed by atoms with Crippen molar-refractivity contribution >= 4 is 11.4 Å². The smallest absolute Gasteiger partial charge is 0.284 e. The first-order valence-corrected chi connectivity index (χ1v) is 1.80. The van der Waals surface area contributed by atoms with Gasteiger partial charge in [0, 0.05) is 0 Å². The van der Waals surface area contributed by atoms with E-state index in [4.69, 9.17) is 18.2 Å². The lowest BCUT2D eigenvalue weighted by Crippen LogP contribution is -1.74. The highest BCUT2D eigenvalue weighted by molar-refractivity contribution is 7.73. The Morgan fingerprint density at radius 3 is 1.33 bits per heavy atom. The lowest BCUT2D eigenvalue weighted by Gasteiger charge is -1.59. The summed E-state index contributed by atoms with van der Waals surface area (Å²) in [4.78, 5) is 7.50. The Morgan fingerprint density at radius 2 is 1.33 bits per heavy atom. The van der Waals surface area contributed by atoms with Crippen LogP contribution in [0, 0.1) is 10.5 Å². The van der Waals surface area contributed by atoms with Gasteiger partial charge in [0.05, 0.1) is 0 Å². The van der Waals surface area contributed by atoms with Gasteiger partial charge in [-0.1, -0.05) is 5.59 Å². The molecule has 0 aliphatic rings. The van der Waals surface area contributed by atoms with Crippen molar-refractivity contribution in [3.8, 4) is 0 Å². The standard InChI is InChI=1S/HNO.H2O3S/c1-2;1-4(2)3/h1H;(H2,1,2,3). The number of rotatable bonds is 0. The van der Waals surface area contributed by atoms with Gasteiger partial charge < -0.3 is 0 Å². The Morgan fingerprint density at radius 1 is 1.33 bits per heavy atom. The third-order valence-electron chi connectivity index (χ3n) is 0. The van der Waals surface area contributed by atoms with E-state index in [-0.39, 0.29) is 0 Å². The average molecular weight is 113 g/mol. The van der Waals surface area contributed by atoms with Crippen LogP contribution in [0.4, 0.5) is 0 Å². The summed E-state index contributed by atoms with van der Waals surface area (Å²) in [5, 5.41) is 0. The van der Waals surface area contributed by atoms with Gasteiger partial charge in [0.2, 0.25) is 0 Å². The van der Waals surface area contributed by atoms with Crippen LogP contribution in [0.15, 0.2) is 0 Å². The molecule has 0 aliphatic carbocycles. The molecular weight excluding hydrogens is 110 g/mol. The van der Waals surface area contributed by atoms with E-state index in [0.717, 1.165) is 0 Å². The van der Waals surface area contributed by atoms with Gasteiger partial charge in [-0.25, -0.2) is 0 Å². The molecule has 0 atom stereocenters. The van der Waals surface area contributed by atoms with Gasteiger partial charge in [-0.05, 0) is 0 Å². The van der Waals surface area contributed by atoms with Crippen LogP contribution in [-0.4, -0.2) is 13.3 Å². The Kier molecular flexibility index (Phi) is 13.5. The molecule has 6 heavy (non-hydrogen) atoms. The van der Waals surface area contributed by atoms with Crippen molar-refractivity contribution in [2.24, 2.45) is 0 Å². The number of hydrogen-bond acceptors (Lipinski definition) is 3. The normalized spacial score (nSPS) is 6.50.